The number of nitrogens with one attached hydrogen (secondary N) is 3. The second-order valence-corrected chi connectivity index (χ2v) is 6.80. The van der Waals surface area contributed by atoms with Crippen LogP contribution in [0.4, 0.5) is 0 Å². The van der Waals surface area contributed by atoms with Crippen molar-refractivity contribution in [3.63, 3.8) is 0 Å². The molecule has 0 unspecified atom stereocenters. The number of carbonyl (C=O) groups excluding carboxylic acids is 1. The minimum Gasteiger partial charge on any atom is -0.361 e. The maximum absolute atomic E-state index is 11.8. The zero-order valence-corrected chi connectivity index (χ0v) is 15.2. The second kappa shape index (κ2) is 10.5. The van der Waals surface area contributed by atoms with E-state index in [1.165, 1.54) is 19.3 Å². The molecule has 1 aromatic rings. The highest BCUT2D eigenvalue weighted by Crippen LogP contribution is 2.11. The Labute approximate surface area is 142 Å². The number of hydrazine groups is 1. The van der Waals surface area contributed by atoms with Crippen molar-refractivity contribution in [2.75, 3.05) is 6.54 Å². The van der Waals surface area contributed by atoms with Crippen molar-refractivity contribution < 1.29 is 4.79 Å². The molecule has 0 spiro atoms. The fourth-order valence-electron chi connectivity index (χ4n) is 2.05. The van der Waals surface area contributed by atoms with Crippen molar-refractivity contribution in [1.82, 2.24) is 21.2 Å². The van der Waals surface area contributed by atoms with Gasteiger partial charge in [-0.3, -0.25) is 15.6 Å². The molecule has 1 heterocycles. The van der Waals surface area contributed by atoms with Gasteiger partial charge < -0.3 is 5.32 Å². The molecule has 0 radical (unpaired) electrons. The number of thiazole rings is 1. The van der Waals surface area contributed by atoms with Crippen LogP contribution in [-0.2, 0) is 11.2 Å². The quantitative estimate of drug-likeness (QED) is 0.501. The lowest BCUT2D eigenvalue weighted by molar-refractivity contribution is -0.121. The third kappa shape index (κ3) is 7.70. The highest BCUT2D eigenvalue weighted by atomic mass is 32.1. The number of rotatable bonds is 8. The summed E-state index contributed by atoms with van der Waals surface area (Å²) in [6, 6.07) is 0. The van der Waals surface area contributed by atoms with Crippen molar-refractivity contribution in [2.24, 2.45) is 5.92 Å². The first-order chi connectivity index (χ1) is 10.5. The van der Waals surface area contributed by atoms with Crippen LogP contribution in [0.2, 0.25) is 0 Å². The summed E-state index contributed by atoms with van der Waals surface area (Å²) in [7, 11) is 0. The third-order valence-corrected chi connectivity index (χ3v) is 4.49. The average Bonchev–Trinajstić information content (AvgIpc) is 2.90. The van der Waals surface area contributed by atoms with Gasteiger partial charge in [-0.05, 0) is 31.5 Å². The summed E-state index contributed by atoms with van der Waals surface area (Å²) in [6.07, 6.45) is 5.05. The lowest BCUT2D eigenvalue weighted by Crippen LogP contribution is -2.48. The summed E-state index contributed by atoms with van der Waals surface area (Å²) in [4.78, 5) is 16.0. The summed E-state index contributed by atoms with van der Waals surface area (Å²) >= 11 is 6.71. The van der Waals surface area contributed by atoms with Crippen LogP contribution in [0.25, 0.3) is 0 Å². The number of amides is 1. The molecule has 22 heavy (non-hydrogen) atoms. The topological polar surface area (TPSA) is 66.0 Å². The summed E-state index contributed by atoms with van der Waals surface area (Å²) < 4.78 is 0. The van der Waals surface area contributed by atoms with Gasteiger partial charge >= 0.3 is 0 Å². The maximum atomic E-state index is 11.8. The molecule has 1 atom stereocenters. The molecule has 0 bridgehead atoms. The van der Waals surface area contributed by atoms with Crippen LogP contribution in [0.1, 0.15) is 50.2 Å². The fourth-order valence-corrected chi connectivity index (χ4v) is 2.80. The number of carbonyl (C=O) groups is 1. The molecule has 0 aliphatic rings. The van der Waals surface area contributed by atoms with Gasteiger partial charge in [0.1, 0.15) is 0 Å². The molecular weight excluding hydrogens is 316 g/mol. The van der Waals surface area contributed by atoms with Crippen LogP contribution in [0.15, 0.2) is 5.38 Å². The first-order valence-corrected chi connectivity index (χ1v) is 9.07. The molecule has 0 saturated heterocycles. The average molecular weight is 343 g/mol. The molecule has 0 aliphatic carbocycles. The van der Waals surface area contributed by atoms with E-state index in [4.69, 9.17) is 12.2 Å². The minimum atomic E-state index is -0.146. The highest BCUT2D eigenvalue weighted by molar-refractivity contribution is 7.80. The first-order valence-electron chi connectivity index (χ1n) is 7.78. The highest BCUT2D eigenvalue weighted by Gasteiger charge is 2.08. The van der Waals surface area contributed by atoms with Crippen LogP contribution >= 0.6 is 23.6 Å². The Hall–Kier alpha value is -1.21. The van der Waals surface area contributed by atoms with Gasteiger partial charge in [0.2, 0.25) is 5.91 Å². The lowest BCUT2D eigenvalue weighted by atomic mass is 9.99. The van der Waals surface area contributed by atoms with Gasteiger partial charge in [0, 0.05) is 11.9 Å². The first kappa shape index (κ1) is 18.8. The number of thiocarbonyl (C=S) groups is 1. The molecule has 124 valence electrons. The molecule has 3 N–H and O–H groups in total. The molecule has 0 fully saturated rings. The van der Waals surface area contributed by atoms with Crippen LogP contribution in [-0.4, -0.2) is 22.5 Å². The predicted octanol–water partition coefficient (Wildman–Crippen LogP) is 2.71. The molecule has 1 amide bonds. The van der Waals surface area contributed by atoms with Crippen LogP contribution < -0.4 is 16.2 Å². The summed E-state index contributed by atoms with van der Waals surface area (Å²) in [5, 5.41) is 6.47. The molecule has 0 aliphatic heterocycles. The monoisotopic (exact) mass is 342 g/mol. The van der Waals surface area contributed by atoms with Crippen molar-refractivity contribution in [3.05, 3.63) is 16.1 Å². The van der Waals surface area contributed by atoms with E-state index in [0.717, 1.165) is 23.7 Å². The van der Waals surface area contributed by atoms with E-state index in [1.54, 1.807) is 11.3 Å². The molecule has 0 aromatic carbocycles. The summed E-state index contributed by atoms with van der Waals surface area (Å²) in [5.74, 6) is 0.473. The number of nitrogens with zero attached hydrogens (tertiary/aromatic N) is 1. The molecular formula is C15H26N4OS2. The Morgan fingerprint density at radius 3 is 2.77 bits per heavy atom. The molecule has 1 aromatic heterocycles. The van der Waals surface area contributed by atoms with Crippen molar-refractivity contribution in [3.8, 4) is 0 Å². The van der Waals surface area contributed by atoms with Gasteiger partial charge in [-0.1, -0.05) is 33.1 Å². The minimum absolute atomic E-state index is 0.146. The standard InChI is InChI=1S/C15H26N4OS2/c1-4-6-7-12(5-2)9-16-15(21)19-18-14(20)8-13-10-22-11(3)17-13/h10,12H,4-9H2,1-3H3,(H,18,20)(H2,16,19,21)/t12-/m0/s1. The largest absolute Gasteiger partial charge is 0.361 e. The van der Waals surface area contributed by atoms with Crippen LogP contribution in [0.3, 0.4) is 0 Å². The third-order valence-electron chi connectivity index (χ3n) is 3.42. The number of aryl methyl sites for hydroxylation is 1. The van der Waals surface area contributed by atoms with Gasteiger partial charge in [-0.2, -0.15) is 0 Å². The van der Waals surface area contributed by atoms with Crippen LogP contribution in [0.5, 0.6) is 0 Å². The zero-order chi connectivity index (χ0) is 16.4. The van der Waals surface area contributed by atoms with E-state index in [-0.39, 0.29) is 12.3 Å². The van der Waals surface area contributed by atoms with Gasteiger partial charge in [0.05, 0.1) is 17.1 Å². The van der Waals surface area contributed by atoms with Crippen LogP contribution in [0, 0.1) is 12.8 Å². The molecule has 1 rings (SSSR count). The smallest absolute Gasteiger partial charge is 0.244 e. The summed E-state index contributed by atoms with van der Waals surface area (Å²) in [6.45, 7) is 7.15. The SMILES string of the molecule is CCCC[C@H](CC)CNC(=S)NNC(=O)Cc1csc(C)n1. The van der Waals surface area contributed by atoms with E-state index in [9.17, 15) is 4.79 Å². The Morgan fingerprint density at radius 1 is 1.41 bits per heavy atom. The Kier molecular flexibility index (Phi) is 9.00. The molecule has 5 nitrogen and oxygen atoms in total. The van der Waals surface area contributed by atoms with Gasteiger partial charge in [0.25, 0.3) is 0 Å². The van der Waals surface area contributed by atoms with Crippen molar-refractivity contribution >= 4 is 34.6 Å². The maximum Gasteiger partial charge on any atom is 0.244 e. The van der Waals surface area contributed by atoms with E-state index in [0.29, 0.717) is 11.0 Å². The Morgan fingerprint density at radius 2 is 2.18 bits per heavy atom. The van der Waals surface area contributed by atoms with E-state index < -0.39 is 0 Å². The summed E-state index contributed by atoms with van der Waals surface area (Å²) in [5.41, 5.74) is 6.12. The molecule has 0 saturated carbocycles. The Bertz CT molecular complexity index is 476. The second-order valence-electron chi connectivity index (χ2n) is 5.33. The van der Waals surface area contributed by atoms with E-state index in [2.05, 4.69) is 35.0 Å². The van der Waals surface area contributed by atoms with Gasteiger partial charge in [0.15, 0.2) is 5.11 Å². The fraction of sp³-hybridized carbons (Fsp3) is 0.667. The molecule has 7 heteroatoms. The number of hydrogen-bond donors (Lipinski definition) is 3. The predicted molar refractivity (Wildman–Crippen MR) is 95.7 cm³/mol. The van der Waals surface area contributed by atoms with Gasteiger partial charge in [-0.15, -0.1) is 11.3 Å². The number of hydrogen-bond acceptors (Lipinski definition) is 4. The van der Waals surface area contributed by atoms with Crippen molar-refractivity contribution in [2.45, 2.75) is 52.9 Å². The number of unbranched alkanes of at least 4 members (excludes halogenated alkanes) is 1. The van der Waals surface area contributed by atoms with E-state index >= 15 is 0 Å². The lowest BCUT2D eigenvalue weighted by Gasteiger charge is -2.17. The normalized spacial score (nSPS) is 11.8. The van der Waals surface area contributed by atoms with Crippen molar-refractivity contribution in [1.29, 1.82) is 0 Å². The zero-order valence-electron chi connectivity index (χ0n) is 13.6. The number of aromatic nitrogens is 1. The Balaban J connectivity index is 2.20. The van der Waals surface area contributed by atoms with E-state index in [1.807, 2.05) is 12.3 Å². The van der Waals surface area contributed by atoms with Gasteiger partial charge in [-0.25, -0.2) is 4.98 Å².